The Morgan fingerprint density at radius 1 is 1.17 bits per heavy atom. The number of amides is 1. The smallest absolute Gasteiger partial charge is 0.397 e. The predicted octanol–water partition coefficient (Wildman–Crippen LogP) is 3.23. The molecule has 0 atom stereocenters. The van der Waals surface area contributed by atoms with Crippen molar-refractivity contribution in [3.05, 3.63) is 59.9 Å². The molecule has 1 aromatic carbocycles. The van der Waals surface area contributed by atoms with Crippen LogP contribution in [0, 0.1) is 0 Å². The van der Waals surface area contributed by atoms with Gasteiger partial charge >= 0.3 is 6.18 Å². The van der Waals surface area contributed by atoms with E-state index in [1.807, 2.05) is 12.1 Å². The molecule has 1 aromatic heterocycles. The average Bonchev–Trinajstić information content (AvgIpc) is 2.51. The van der Waals surface area contributed by atoms with Crippen molar-refractivity contribution in [2.75, 3.05) is 0 Å². The first-order valence-electron chi connectivity index (χ1n) is 6.87. The molecule has 0 aliphatic rings. The lowest BCUT2D eigenvalue weighted by Crippen LogP contribution is -2.28. The Kier molecular flexibility index (Phi) is 5.56. The van der Waals surface area contributed by atoms with Gasteiger partial charge in [-0.15, -0.1) is 0 Å². The van der Waals surface area contributed by atoms with Crippen LogP contribution in [-0.2, 0) is 17.9 Å². The highest BCUT2D eigenvalue weighted by molar-refractivity contribution is 5.76. The molecule has 1 heterocycles. The van der Waals surface area contributed by atoms with Gasteiger partial charge in [0.05, 0.1) is 5.69 Å². The molecule has 1 amide bonds. The van der Waals surface area contributed by atoms with Crippen LogP contribution in [0.25, 0.3) is 0 Å². The van der Waals surface area contributed by atoms with Gasteiger partial charge in [-0.05, 0) is 29.8 Å². The maximum absolute atomic E-state index is 12.1. The second kappa shape index (κ2) is 7.62. The number of pyridine rings is 1. The zero-order chi connectivity index (χ0) is 16.7. The maximum Gasteiger partial charge on any atom is 0.397 e. The maximum atomic E-state index is 12.1. The molecule has 0 fully saturated rings. The normalized spacial score (nSPS) is 11.1. The molecule has 1 N–H and O–H groups in total. The first kappa shape index (κ1) is 16.8. The predicted molar refractivity (Wildman–Crippen MR) is 77.5 cm³/mol. The van der Waals surface area contributed by atoms with Crippen LogP contribution >= 0.6 is 0 Å². The third-order valence-corrected chi connectivity index (χ3v) is 2.86. The van der Waals surface area contributed by atoms with Crippen molar-refractivity contribution < 1.29 is 22.7 Å². The van der Waals surface area contributed by atoms with E-state index >= 15 is 0 Å². The summed E-state index contributed by atoms with van der Waals surface area (Å²) in [5.41, 5.74) is 1.41. The zero-order valence-electron chi connectivity index (χ0n) is 12.1. The molecule has 0 bridgehead atoms. The second-order valence-electron chi connectivity index (χ2n) is 4.83. The number of nitrogens with zero attached hydrogens (tertiary/aromatic N) is 1. The number of nitrogens with one attached hydrogen (secondary N) is 1. The molecule has 2 aromatic rings. The van der Waals surface area contributed by atoms with Gasteiger partial charge in [0.1, 0.15) is 18.8 Å². The Hall–Kier alpha value is -2.57. The van der Waals surface area contributed by atoms with E-state index in [1.54, 1.807) is 36.5 Å². The van der Waals surface area contributed by atoms with E-state index in [0.717, 1.165) is 5.69 Å². The molecule has 0 saturated carbocycles. The summed E-state index contributed by atoms with van der Waals surface area (Å²) in [5.74, 6) is -0.504. The third kappa shape index (κ3) is 6.37. The minimum absolute atomic E-state index is 0.00962. The van der Waals surface area contributed by atoms with Gasteiger partial charge in [-0.1, -0.05) is 18.2 Å². The third-order valence-electron chi connectivity index (χ3n) is 2.86. The van der Waals surface area contributed by atoms with E-state index in [-0.39, 0.29) is 13.2 Å². The van der Waals surface area contributed by atoms with Gasteiger partial charge in [-0.2, -0.15) is 13.2 Å². The molecule has 0 aliphatic carbocycles. The van der Waals surface area contributed by atoms with Crippen LogP contribution in [0.5, 0.6) is 5.75 Å². The summed E-state index contributed by atoms with van der Waals surface area (Å²) < 4.78 is 41.8. The molecular weight excluding hydrogens is 309 g/mol. The fourth-order valence-corrected chi connectivity index (χ4v) is 1.83. The molecule has 122 valence electrons. The van der Waals surface area contributed by atoms with E-state index in [0.29, 0.717) is 11.3 Å². The van der Waals surface area contributed by atoms with Gasteiger partial charge in [-0.3, -0.25) is 9.78 Å². The lowest BCUT2D eigenvalue weighted by atomic mass is 10.2. The summed E-state index contributed by atoms with van der Waals surface area (Å²) >= 11 is 0. The van der Waals surface area contributed by atoms with Crippen LogP contribution in [0.1, 0.15) is 17.7 Å². The fraction of sp³-hybridized carbons (Fsp3) is 0.250. The summed E-state index contributed by atoms with van der Waals surface area (Å²) in [5, 5.41) is 2.23. The first-order chi connectivity index (χ1) is 10.9. The summed E-state index contributed by atoms with van der Waals surface area (Å²) in [6, 6.07) is 12.3. The van der Waals surface area contributed by atoms with Crippen LogP contribution in [0.3, 0.4) is 0 Å². The Balaban J connectivity index is 1.86. The highest BCUT2D eigenvalue weighted by Crippen LogP contribution is 2.19. The van der Waals surface area contributed by atoms with E-state index in [4.69, 9.17) is 4.74 Å². The molecule has 0 aliphatic heterocycles. The number of hydrogen-bond acceptors (Lipinski definition) is 3. The van der Waals surface area contributed by atoms with Gasteiger partial charge < -0.3 is 10.1 Å². The fourth-order valence-electron chi connectivity index (χ4n) is 1.83. The second-order valence-corrected chi connectivity index (χ2v) is 4.83. The number of carbonyl (C=O) groups excluding carboxylic acids is 1. The van der Waals surface area contributed by atoms with Crippen LogP contribution < -0.4 is 10.1 Å². The van der Waals surface area contributed by atoms with Crippen molar-refractivity contribution in [1.29, 1.82) is 0 Å². The Morgan fingerprint density at radius 2 is 2.00 bits per heavy atom. The van der Waals surface area contributed by atoms with Gasteiger partial charge in [-0.25, -0.2) is 0 Å². The van der Waals surface area contributed by atoms with Crippen molar-refractivity contribution in [2.45, 2.75) is 25.7 Å². The molecule has 7 heteroatoms. The average molecular weight is 324 g/mol. The number of ether oxygens (including phenoxy) is 1. The van der Waals surface area contributed by atoms with E-state index in [1.165, 1.54) is 0 Å². The van der Waals surface area contributed by atoms with Crippen LogP contribution in [0.15, 0.2) is 48.7 Å². The monoisotopic (exact) mass is 324 g/mol. The lowest BCUT2D eigenvalue weighted by Gasteiger charge is -2.10. The lowest BCUT2D eigenvalue weighted by molar-refractivity contribution is -0.153. The first-order valence-corrected chi connectivity index (χ1v) is 6.87. The molecule has 0 saturated heterocycles. The highest BCUT2D eigenvalue weighted by Gasteiger charge is 2.30. The number of halogens is 3. The van der Waals surface area contributed by atoms with Crippen molar-refractivity contribution in [3.8, 4) is 5.75 Å². The number of carbonyl (C=O) groups is 1. The number of rotatable bonds is 6. The standard InChI is InChI=1S/C16H15F3N2O2/c17-16(18,19)9-15(22)21-10-12-4-3-6-14(8-12)23-11-13-5-1-2-7-20-13/h1-8H,9-11H2,(H,21,22). The van der Waals surface area contributed by atoms with E-state index in [2.05, 4.69) is 10.3 Å². The van der Waals surface area contributed by atoms with Crippen LogP contribution in [-0.4, -0.2) is 17.1 Å². The Labute approximate surface area is 131 Å². The SMILES string of the molecule is O=C(CC(F)(F)F)NCc1cccc(OCc2ccccn2)c1. The molecule has 0 radical (unpaired) electrons. The largest absolute Gasteiger partial charge is 0.487 e. The molecular formula is C16H15F3N2O2. The Morgan fingerprint density at radius 3 is 2.70 bits per heavy atom. The molecule has 0 unspecified atom stereocenters. The van der Waals surface area contributed by atoms with Gasteiger partial charge in [0.25, 0.3) is 0 Å². The van der Waals surface area contributed by atoms with Crippen LogP contribution in [0.4, 0.5) is 13.2 Å². The van der Waals surface area contributed by atoms with Crippen molar-refractivity contribution in [2.24, 2.45) is 0 Å². The quantitative estimate of drug-likeness (QED) is 0.887. The van der Waals surface area contributed by atoms with Crippen molar-refractivity contribution in [3.63, 3.8) is 0 Å². The summed E-state index contributed by atoms with van der Waals surface area (Å²) in [7, 11) is 0. The summed E-state index contributed by atoms with van der Waals surface area (Å²) in [6.45, 7) is 0.292. The zero-order valence-corrected chi connectivity index (χ0v) is 12.1. The minimum atomic E-state index is -4.50. The van der Waals surface area contributed by atoms with Crippen LogP contribution in [0.2, 0.25) is 0 Å². The van der Waals surface area contributed by atoms with Crippen molar-refractivity contribution >= 4 is 5.91 Å². The topological polar surface area (TPSA) is 51.2 Å². The summed E-state index contributed by atoms with van der Waals surface area (Å²) in [6.07, 6.45) is -4.33. The van der Waals surface area contributed by atoms with E-state index in [9.17, 15) is 18.0 Å². The van der Waals surface area contributed by atoms with Gasteiger partial charge in [0.2, 0.25) is 5.91 Å². The minimum Gasteiger partial charge on any atom is -0.487 e. The Bertz CT molecular complexity index is 645. The molecule has 4 nitrogen and oxygen atoms in total. The molecule has 2 rings (SSSR count). The van der Waals surface area contributed by atoms with E-state index < -0.39 is 18.5 Å². The number of benzene rings is 1. The number of hydrogen-bond donors (Lipinski definition) is 1. The molecule has 23 heavy (non-hydrogen) atoms. The highest BCUT2D eigenvalue weighted by atomic mass is 19.4. The van der Waals surface area contributed by atoms with Crippen molar-refractivity contribution in [1.82, 2.24) is 10.3 Å². The number of alkyl halides is 3. The van der Waals surface area contributed by atoms with Gasteiger partial charge in [0.15, 0.2) is 0 Å². The molecule has 0 spiro atoms. The van der Waals surface area contributed by atoms with Gasteiger partial charge in [0, 0.05) is 12.7 Å². The number of aromatic nitrogens is 1. The summed E-state index contributed by atoms with van der Waals surface area (Å²) in [4.78, 5) is 15.3.